The zero-order valence-corrected chi connectivity index (χ0v) is 12.2. The molecule has 0 aliphatic rings. The first-order chi connectivity index (χ1) is 8.67. The largest absolute Gasteiger partial charge is 0.465 e. The van der Waals surface area contributed by atoms with Gasteiger partial charge in [0.2, 0.25) is 0 Å². The van der Waals surface area contributed by atoms with Crippen LogP contribution in [-0.4, -0.2) is 35.2 Å². The van der Waals surface area contributed by atoms with Gasteiger partial charge in [0, 0.05) is 0 Å². The summed E-state index contributed by atoms with van der Waals surface area (Å²) in [7, 11) is 0. The third-order valence-corrected chi connectivity index (χ3v) is 2.21. The second-order valence-electron chi connectivity index (χ2n) is 5.18. The predicted molar refractivity (Wildman–Crippen MR) is 71.8 cm³/mol. The molecule has 0 aliphatic carbocycles. The van der Waals surface area contributed by atoms with E-state index in [0.717, 1.165) is 0 Å². The summed E-state index contributed by atoms with van der Waals surface area (Å²) in [5, 5.41) is 16.7. The van der Waals surface area contributed by atoms with Crippen molar-refractivity contribution in [2.75, 3.05) is 0 Å². The quantitative estimate of drug-likeness (QED) is 0.554. The molecule has 0 aromatic rings. The summed E-state index contributed by atoms with van der Waals surface area (Å²) in [6, 6.07) is 0. The van der Waals surface area contributed by atoms with Gasteiger partial charge in [-0.05, 0) is 33.6 Å². The number of carbonyl (C=O) groups excluding carboxylic acids is 1. The van der Waals surface area contributed by atoms with Crippen LogP contribution in [0, 0.1) is 0 Å². The van der Waals surface area contributed by atoms with Gasteiger partial charge in [0.25, 0.3) is 0 Å². The van der Waals surface area contributed by atoms with Crippen LogP contribution < -0.4 is 16.0 Å². The Morgan fingerprint density at radius 2 is 1.58 bits per heavy atom. The zero-order valence-electron chi connectivity index (χ0n) is 12.2. The first-order valence-electron chi connectivity index (χ1n) is 6.43. The van der Waals surface area contributed by atoms with Crippen molar-refractivity contribution in [3.63, 3.8) is 0 Å². The van der Waals surface area contributed by atoms with E-state index in [2.05, 4.69) is 16.0 Å². The fraction of sp³-hybridized carbons (Fsp3) is 0.833. The van der Waals surface area contributed by atoms with Gasteiger partial charge in [0.15, 0.2) is 0 Å². The summed E-state index contributed by atoms with van der Waals surface area (Å²) >= 11 is 0. The minimum absolute atomic E-state index is 0.355. The maximum absolute atomic E-state index is 11.6. The molecule has 0 aliphatic heterocycles. The monoisotopic (exact) mass is 275 g/mol. The van der Waals surface area contributed by atoms with Crippen LogP contribution in [0.15, 0.2) is 0 Å². The molecule has 7 heteroatoms. The highest BCUT2D eigenvalue weighted by molar-refractivity contribution is 5.68. The van der Waals surface area contributed by atoms with Crippen LogP contribution >= 0.6 is 0 Å². The van der Waals surface area contributed by atoms with Crippen LogP contribution in [0.5, 0.6) is 0 Å². The molecule has 112 valence electrons. The minimum Gasteiger partial charge on any atom is -0.465 e. The summed E-state index contributed by atoms with van der Waals surface area (Å²) in [4.78, 5) is 22.2. The molecule has 19 heavy (non-hydrogen) atoms. The maximum Gasteiger partial charge on any atom is 0.408 e. The van der Waals surface area contributed by atoms with Crippen molar-refractivity contribution in [3.8, 4) is 0 Å². The Hall–Kier alpha value is -1.50. The van der Waals surface area contributed by atoms with E-state index in [-0.39, 0.29) is 6.17 Å². The number of carbonyl (C=O) groups is 2. The number of nitrogens with one attached hydrogen (secondary N) is 3. The summed E-state index contributed by atoms with van der Waals surface area (Å²) in [5.41, 5.74) is -0.564. The number of ether oxygens (including phenoxy) is 1. The van der Waals surface area contributed by atoms with E-state index in [4.69, 9.17) is 9.84 Å². The number of rotatable bonds is 6. The van der Waals surface area contributed by atoms with Gasteiger partial charge in [0.05, 0.1) is 12.3 Å². The second-order valence-corrected chi connectivity index (χ2v) is 5.18. The highest BCUT2D eigenvalue weighted by Crippen LogP contribution is 2.07. The molecule has 0 radical (unpaired) electrons. The van der Waals surface area contributed by atoms with Crippen molar-refractivity contribution in [2.24, 2.45) is 0 Å². The highest BCUT2D eigenvalue weighted by Gasteiger charge is 2.20. The lowest BCUT2D eigenvalue weighted by Gasteiger charge is -2.26. The molecule has 0 rings (SSSR count). The van der Waals surface area contributed by atoms with Gasteiger partial charge >= 0.3 is 12.2 Å². The van der Waals surface area contributed by atoms with Gasteiger partial charge in [-0.15, -0.1) is 0 Å². The molecule has 2 amide bonds. The Labute approximate surface area is 114 Å². The molecule has 2 atom stereocenters. The molecular weight excluding hydrogens is 250 g/mol. The summed E-state index contributed by atoms with van der Waals surface area (Å²) in [6.07, 6.45) is -1.23. The topological polar surface area (TPSA) is 99.7 Å². The molecule has 7 nitrogen and oxygen atoms in total. The minimum atomic E-state index is -1.11. The highest BCUT2D eigenvalue weighted by atomic mass is 16.6. The SMILES string of the molecule is CCC(NC(=O)O)NC(CC)NC(=O)OC(C)(C)C. The Kier molecular flexibility index (Phi) is 7.21. The van der Waals surface area contributed by atoms with Gasteiger partial charge in [-0.2, -0.15) is 0 Å². The molecule has 0 spiro atoms. The third kappa shape index (κ3) is 9.12. The molecule has 0 saturated carbocycles. The number of carboxylic acid groups (broad SMARTS) is 1. The Balaban J connectivity index is 4.33. The first kappa shape index (κ1) is 17.5. The number of hydrogen-bond donors (Lipinski definition) is 4. The van der Waals surface area contributed by atoms with Crippen molar-refractivity contribution in [2.45, 2.75) is 65.4 Å². The van der Waals surface area contributed by atoms with Crippen LogP contribution in [0.1, 0.15) is 47.5 Å². The summed E-state index contributed by atoms with van der Waals surface area (Å²) in [6.45, 7) is 9.06. The zero-order chi connectivity index (χ0) is 15.1. The second kappa shape index (κ2) is 7.83. The van der Waals surface area contributed by atoms with Gasteiger partial charge < -0.3 is 20.5 Å². The lowest BCUT2D eigenvalue weighted by atomic mass is 10.2. The average Bonchev–Trinajstić information content (AvgIpc) is 2.23. The van der Waals surface area contributed by atoms with E-state index >= 15 is 0 Å². The van der Waals surface area contributed by atoms with Gasteiger partial charge in [-0.3, -0.25) is 5.32 Å². The molecule has 4 N–H and O–H groups in total. The smallest absolute Gasteiger partial charge is 0.408 e. The van der Waals surface area contributed by atoms with Crippen molar-refractivity contribution in [3.05, 3.63) is 0 Å². The van der Waals surface area contributed by atoms with E-state index in [0.29, 0.717) is 12.8 Å². The van der Waals surface area contributed by atoms with Crippen LogP contribution in [0.2, 0.25) is 0 Å². The average molecular weight is 275 g/mol. The van der Waals surface area contributed by atoms with Gasteiger partial charge in [0.1, 0.15) is 5.60 Å². The van der Waals surface area contributed by atoms with Crippen LogP contribution in [0.3, 0.4) is 0 Å². The lowest BCUT2D eigenvalue weighted by molar-refractivity contribution is 0.0487. The van der Waals surface area contributed by atoms with Crippen LogP contribution in [0.4, 0.5) is 9.59 Å². The maximum atomic E-state index is 11.6. The first-order valence-corrected chi connectivity index (χ1v) is 6.43. The molecule has 0 saturated heterocycles. The van der Waals surface area contributed by atoms with E-state index in [1.165, 1.54) is 0 Å². The lowest BCUT2D eigenvalue weighted by Crippen LogP contribution is -2.55. The Bertz CT molecular complexity index is 302. The molecule has 0 bridgehead atoms. The molecular formula is C12H25N3O4. The Morgan fingerprint density at radius 3 is 1.95 bits per heavy atom. The van der Waals surface area contributed by atoms with E-state index in [1.54, 1.807) is 20.8 Å². The van der Waals surface area contributed by atoms with Crippen molar-refractivity contribution in [1.29, 1.82) is 0 Å². The van der Waals surface area contributed by atoms with Crippen molar-refractivity contribution in [1.82, 2.24) is 16.0 Å². The summed E-state index contributed by atoms with van der Waals surface area (Å²) in [5.74, 6) is 0. The fourth-order valence-electron chi connectivity index (χ4n) is 1.36. The molecule has 0 aromatic heterocycles. The van der Waals surface area contributed by atoms with Crippen molar-refractivity contribution < 1.29 is 19.4 Å². The number of alkyl carbamates (subject to hydrolysis) is 1. The summed E-state index contributed by atoms with van der Waals surface area (Å²) < 4.78 is 5.14. The molecule has 0 fully saturated rings. The Morgan fingerprint density at radius 1 is 1.11 bits per heavy atom. The number of hydrogen-bond acceptors (Lipinski definition) is 4. The fourth-order valence-corrected chi connectivity index (χ4v) is 1.36. The van der Waals surface area contributed by atoms with Gasteiger partial charge in [-0.25, -0.2) is 9.59 Å². The third-order valence-electron chi connectivity index (χ3n) is 2.21. The van der Waals surface area contributed by atoms with Crippen molar-refractivity contribution >= 4 is 12.2 Å². The van der Waals surface area contributed by atoms with E-state index < -0.39 is 24.0 Å². The standard InChI is InChI=1S/C12H25N3O4/c1-6-8(14-10(16)17)13-9(7-2)15-11(18)19-12(3,4)5/h8-9,13-14H,6-7H2,1-5H3,(H,15,18)(H,16,17). The predicted octanol–water partition coefficient (Wildman–Crippen LogP) is 1.84. The van der Waals surface area contributed by atoms with Gasteiger partial charge in [-0.1, -0.05) is 13.8 Å². The van der Waals surface area contributed by atoms with E-state index in [9.17, 15) is 9.59 Å². The van der Waals surface area contributed by atoms with Crippen LogP contribution in [0.25, 0.3) is 0 Å². The van der Waals surface area contributed by atoms with E-state index in [1.807, 2.05) is 13.8 Å². The molecule has 2 unspecified atom stereocenters. The normalized spacial score (nSPS) is 14.4. The van der Waals surface area contributed by atoms with Crippen LogP contribution in [-0.2, 0) is 4.74 Å². The molecule has 0 heterocycles. The number of amides is 2. The molecule has 0 aromatic carbocycles.